The number of carbonyl (C=O) groups is 1. The summed E-state index contributed by atoms with van der Waals surface area (Å²) in [5.74, 6) is -1.57. The first kappa shape index (κ1) is 21.1. The van der Waals surface area contributed by atoms with Gasteiger partial charge in [0.1, 0.15) is 0 Å². The predicted molar refractivity (Wildman–Crippen MR) is 71.8 cm³/mol. The normalized spacial score (nSPS) is 13.9. The van der Waals surface area contributed by atoms with Gasteiger partial charge in [0.15, 0.2) is 10.0 Å². The fraction of sp³-hybridized carbons (Fsp3) is 0.900. The molecule has 0 fully saturated rings. The Bertz CT molecular complexity index is 595. The predicted octanol–water partition coefficient (Wildman–Crippen LogP) is 1.91. The number of alkyl halides is 3. The molecule has 0 saturated carbocycles. The van der Waals surface area contributed by atoms with Crippen LogP contribution in [0.5, 0.6) is 0 Å². The van der Waals surface area contributed by atoms with Crippen molar-refractivity contribution in [3.63, 3.8) is 0 Å². The summed E-state index contributed by atoms with van der Waals surface area (Å²) >= 11 is 0. The number of sulfonamides is 2. The number of esters is 1. The largest absolute Gasteiger partial charge is 0.480 e. The van der Waals surface area contributed by atoms with Gasteiger partial charge in [-0.05, 0) is 26.7 Å². The lowest BCUT2D eigenvalue weighted by atomic mass is 9.91. The molecule has 0 aromatic carbocycles. The van der Waals surface area contributed by atoms with E-state index < -0.39 is 42.7 Å². The lowest BCUT2D eigenvalue weighted by molar-refractivity contribution is -0.154. The van der Waals surface area contributed by atoms with E-state index >= 15 is 0 Å². The van der Waals surface area contributed by atoms with Crippen LogP contribution in [-0.2, 0) is 29.6 Å². The van der Waals surface area contributed by atoms with Gasteiger partial charge in [0.25, 0.3) is 0 Å². The molecule has 0 aromatic heterocycles. The van der Waals surface area contributed by atoms with Crippen molar-refractivity contribution in [1.82, 2.24) is 0 Å². The lowest BCUT2D eigenvalue weighted by Gasteiger charge is -2.22. The van der Waals surface area contributed by atoms with E-state index in [1.54, 1.807) is 20.8 Å². The van der Waals surface area contributed by atoms with Crippen molar-refractivity contribution in [1.29, 1.82) is 0 Å². The van der Waals surface area contributed by atoms with Gasteiger partial charge in [-0.2, -0.15) is 13.2 Å². The van der Waals surface area contributed by atoms with Crippen molar-refractivity contribution in [2.24, 2.45) is 5.41 Å². The molecule has 0 aliphatic heterocycles. The Hall–Kier alpha value is -0.880. The molecule has 0 radical (unpaired) electrons. The molecule has 0 aliphatic rings. The van der Waals surface area contributed by atoms with Crippen LogP contribution >= 0.6 is 0 Å². The van der Waals surface area contributed by atoms with Gasteiger partial charge in [0, 0.05) is 5.75 Å². The van der Waals surface area contributed by atoms with E-state index in [4.69, 9.17) is 4.74 Å². The van der Waals surface area contributed by atoms with Crippen molar-refractivity contribution in [3.05, 3.63) is 4.13 Å². The first-order valence-electron chi connectivity index (χ1n) is 6.10. The summed E-state index contributed by atoms with van der Waals surface area (Å²) in [6.45, 7) is 4.59. The smallest absolute Gasteiger partial charge is 0.465 e. The molecule has 0 atom stereocenters. The van der Waals surface area contributed by atoms with Gasteiger partial charge in [-0.3, -0.25) is 4.79 Å². The minimum absolute atomic E-state index is 0.370. The number of halogens is 3. The van der Waals surface area contributed by atoms with Crippen molar-refractivity contribution < 1.29 is 39.5 Å². The molecule has 0 spiro atoms. The third-order valence-corrected chi connectivity index (χ3v) is 5.80. The molecule has 0 aromatic rings. The van der Waals surface area contributed by atoms with Crippen LogP contribution in [0.1, 0.15) is 33.6 Å². The highest BCUT2D eigenvalue weighted by Crippen LogP contribution is 2.30. The van der Waals surface area contributed by atoms with Crippen LogP contribution in [0.4, 0.5) is 13.2 Å². The van der Waals surface area contributed by atoms with Gasteiger partial charge in [-0.1, -0.05) is 6.92 Å². The van der Waals surface area contributed by atoms with E-state index in [9.17, 15) is 34.8 Å². The van der Waals surface area contributed by atoms with Crippen LogP contribution < -0.4 is 0 Å². The maximum absolute atomic E-state index is 12.0. The monoisotopic (exact) mass is 368 g/mol. The molecule has 0 aliphatic carbocycles. The lowest BCUT2D eigenvalue weighted by Crippen LogP contribution is -2.27. The number of hydrogen-bond donors (Lipinski definition) is 0. The van der Waals surface area contributed by atoms with E-state index in [0.29, 0.717) is 6.42 Å². The van der Waals surface area contributed by atoms with Crippen molar-refractivity contribution in [2.75, 3.05) is 12.4 Å². The summed E-state index contributed by atoms with van der Waals surface area (Å²) in [5.41, 5.74) is -6.56. The first-order chi connectivity index (χ1) is 9.65. The number of nitrogens with zero attached hydrogens (tertiary/aromatic N) is 1. The molecule has 0 amide bonds. The van der Waals surface area contributed by atoms with Gasteiger partial charge in [0.05, 0.1) is 22.0 Å². The molecule has 0 saturated heterocycles. The second-order valence-electron chi connectivity index (χ2n) is 5.01. The zero-order chi connectivity index (χ0) is 17.8. The Morgan fingerprint density at radius 2 is 1.64 bits per heavy atom. The van der Waals surface area contributed by atoms with Crippen molar-refractivity contribution in [3.8, 4) is 0 Å². The number of carbonyl (C=O) groups excluding carboxylic acids is 1. The summed E-state index contributed by atoms with van der Waals surface area (Å²) in [5, 5.41) is 0. The maximum atomic E-state index is 12.0. The highest BCUT2D eigenvalue weighted by atomic mass is 32.3. The Balaban J connectivity index is 4.47. The zero-order valence-corrected chi connectivity index (χ0v) is 13.8. The summed E-state index contributed by atoms with van der Waals surface area (Å²) in [6, 6.07) is 0. The minimum atomic E-state index is -6.11. The third kappa shape index (κ3) is 6.48. The minimum Gasteiger partial charge on any atom is -0.465 e. The van der Waals surface area contributed by atoms with Gasteiger partial charge in [0.2, 0.25) is 0 Å². The Morgan fingerprint density at radius 1 is 1.14 bits per heavy atom. The van der Waals surface area contributed by atoms with E-state index in [1.807, 2.05) is 4.13 Å². The molecule has 0 unspecified atom stereocenters. The van der Waals surface area contributed by atoms with E-state index in [0.717, 1.165) is 0 Å². The Labute approximate surface area is 127 Å². The topological polar surface area (TPSA) is 109 Å². The average Bonchev–Trinajstić information content (AvgIpc) is 2.31. The standard InChI is InChI=1S/C10H17F3NO6S2/c1-4-9(2,3)8(15)20-6-5-7-21(16,17)14-22(18,19)10(11,12)13/h4-7H2,1-3H3/q-1. The third-order valence-electron chi connectivity index (χ3n) is 2.72. The zero-order valence-electron chi connectivity index (χ0n) is 12.2. The summed E-state index contributed by atoms with van der Waals surface area (Å²) in [6.07, 6.45) is 0.105. The van der Waals surface area contributed by atoms with Gasteiger partial charge in [-0.25, -0.2) is 16.8 Å². The molecule has 0 heterocycles. The summed E-state index contributed by atoms with van der Waals surface area (Å²) in [7, 11) is -10.9. The second-order valence-corrected chi connectivity index (χ2v) is 8.59. The molecule has 132 valence electrons. The maximum Gasteiger partial charge on any atom is 0.480 e. The first-order valence-corrected chi connectivity index (χ1v) is 9.15. The Morgan fingerprint density at radius 3 is 2.05 bits per heavy atom. The molecule has 22 heavy (non-hydrogen) atoms. The molecule has 0 bridgehead atoms. The second kappa shape index (κ2) is 7.13. The van der Waals surface area contributed by atoms with Gasteiger partial charge >= 0.3 is 11.5 Å². The summed E-state index contributed by atoms with van der Waals surface area (Å²) in [4.78, 5) is 11.5. The molecule has 7 nitrogen and oxygen atoms in total. The van der Waals surface area contributed by atoms with Crippen LogP contribution in [0.3, 0.4) is 0 Å². The van der Waals surface area contributed by atoms with Crippen LogP contribution in [0, 0.1) is 5.41 Å². The summed E-state index contributed by atoms with van der Waals surface area (Å²) < 4.78 is 86.3. The quantitative estimate of drug-likeness (QED) is 0.478. The van der Waals surface area contributed by atoms with E-state index in [2.05, 4.69) is 0 Å². The number of hydrogen-bond acceptors (Lipinski definition) is 6. The molecular weight excluding hydrogens is 351 g/mol. The number of ether oxygens (including phenoxy) is 1. The SMILES string of the molecule is CCC(C)(C)C(=O)OCCCS(=O)(=O)[N-]S(=O)(=O)C(F)(F)F. The van der Waals surface area contributed by atoms with Crippen LogP contribution in [-0.4, -0.2) is 40.7 Å². The van der Waals surface area contributed by atoms with Crippen LogP contribution in [0.15, 0.2) is 0 Å². The average molecular weight is 368 g/mol. The highest BCUT2D eigenvalue weighted by molar-refractivity contribution is 8.12. The van der Waals surface area contributed by atoms with Gasteiger partial charge in [-0.15, -0.1) is 0 Å². The molecule has 0 rings (SSSR count). The van der Waals surface area contributed by atoms with Crippen LogP contribution in [0.2, 0.25) is 0 Å². The molecule has 0 N–H and O–H groups in total. The number of rotatable bonds is 8. The van der Waals surface area contributed by atoms with Crippen LogP contribution in [0.25, 0.3) is 4.13 Å². The highest BCUT2D eigenvalue weighted by Gasteiger charge is 2.40. The molecular formula is C10H17F3NO6S2-. The van der Waals surface area contributed by atoms with Crippen molar-refractivity contribution in [2.45, 2.75) is 39.1 Å². The van der Waals surface area contributed by atoms with E-state index in [1.165, 1.54) is 0 Å². The fourth-order valence-electron chi connectivity index (χ4n) is 0.975. The van der Waals surface area contributed by atoms with Crippen molar-refractivity contribution >= 4 is 26.0 Å². The molecule has 12 heteroatoms. The fourth-order valence-corrected chi connectivity index (χ4v) is 3.29. The Kier molecular flexibility index (Phi) is 6.84. The van der Waals surface area contributed by atoms with Gasteiger partial charge < -0.3 is 8.86 Å². The van der Waals surface area contributed by atoms with E-state index in [-0.39, 0.29) is 13.0 Å².